The predicted octanol–water partition coefficient (Wildman–Crippen LogP) is 17.0. The zero-order valence-corrected chi connectivity index (χ0v) is 36.1. The minimum absolute atomic E-state index is 0.584. The molecule has 0 aliphatic heterocycles. The van der Waals surface area contributed by atoms with Crippen LogP contribution < -0.4 is 0 Å². The Bertz CT molecular complexity index is 4200. The zero-order valence-electron chi connectivity index (χ0n) is 36.1. The van der Waals surface area contributed by atoms with E-state index in [1.54, 1.807) is 0 Å². The number of hydrogen-bond acceptors (Lipinski definition) is 4. The van der Waals surface area contributed by atoms with Crippen LogP contribution in [0, 0.1) is 0 Å². The summed E-state index contributed by atoms with van der Waals surface area (Å²) in [4.78, 5) is 15.4. The van der Waals surface area contributed by atoms with Gasteiger partial charge in [-0.3, -0.25) is 0 Å². The minimum Gasteiger partial charge on any atom is -0.455 e. The molecule has 0 unspecified atom stereocenters. The first kappa shape index (κ1) is 37.4. The predicted molar refractivity (Wildman–Crippen MR) is 279 cm³/mol. The largest absolute Gasteiger partial charge is 0.455 e. The molecular formula is C63H37N3O. The molecule has 0 saturated carbocycles. The Kier molecular flexibility index (Phi) is 8.25. The van der Waals surface area contributed by atoms with Crippen molar-refractivity contribution in [3.63, 3.8) is 0 Å². The lowest BCUT2D eigenvalue weighted by Gasteiger charge is -2.14. The summed E-state index contributed by atoms with van der Waals surface area (Å²) in [5.41, 5.74) is 8.61. The second-order valence-corrected chi connectivity index (χ2v) is 17.4. The van der Waals surface area contributed by atoms with Gasteiger partial charge in [0.1, 0.15) is 11.2 Å². The fourth-order valence-electron chi connectivity index (χ4n) is 10.6. The molecule has 0 N–H and O–H groups in total. The smallest absolute Gasteiger partial charge is 0.164 e. The number of fused-ring (bicyclic) bond motifs is 15. The second-order valence-electron chi connectivity index (χ2n) is 17.4. The monoisotopic (exact) mass is 851 g/mol. The molecule has 14 rings (SSSR count). The third-order valence-electron chi connectivity index (χ3n) is 13.7. The summed E-state index contributed by atoms with van der Waals surface area (Å²) in [5, 5.41) is 16.8. The van der Waals surface area contributed by atoms with Gasteiger partial charge in [-0.2, -0.15) is 0 Å². The molecule has 4 nitrogen and oxygen atoms in total. The Labute approximate surface area is 385 Å². The van der Waals surface area contributed by atoms with E-state index in [1.807, 2.05) is 66.7 Å². The Hall–Kier alpha value is -8.99. The molecule has 0 atom stereocenters. The number of hydrogen-bond donors (Lipinski definition) is 0. The number of rotatable bonds is 5. The van der Waals surface area contributed by atoms with Crippen molar-refractivity contribution in [1.82, 2.24) is 15.0 Å². The van der Waals surface area contributed by atoms with E-state index in [9.17, 15) is 0 Å². The van der Waals surface area contributed by atoms with E-state index in [0.717, 1.165) is 60.9 Å². The molecule has 0 saturated heterocycles. The van der Waals surface area contributed by atoms with Gasteiger partial charge in [0.2, 0.25) is 0 Å². The average molecular weight is 852 g/mol. The summed E-state index contributed by atoms with van der Waals surface area (Å²) in [6.07, 6.45) is 0. The number of furan rings is 1. The SMILES string of the molecule is c1ccc(-c2nc(-c3ccccc3)nc(-c3cccc4oc5c(-c6ccc7c8ccccc8c8ccccc8c7c6)cc(-c6ccc7c8ccccc8c8ccccc8c7c6)cc5c34)n2)cc1. The molecule has 310 valence electrons. The lowest BCUT2D eigenvalue weighted by Crippen LogP contribution is -2.00. The standard InChI is InChI=1S/C63H37N3O/c1-3-16-38(17-4-1)61-64-62(39-18-5-2-6-19-39)66-63(65-61)53-28-15-29-58-59(53)57-37-42(40-30-32-51-47-24-9-7-20-43(47)45-22-11-13-26-49(45)55(51)34-40)36-54(60(57)67-58)41-31-33-52-48-25-10-8-21-44(48)46-23-12-14-27-50(46)56(52)35-41/h1-37H. The molecule has 67 heavy (non-hydrogen) atoms. The third kappa shape index (κ3) is 5.90. The molecule has 0 aliphatic carbocycles. The lowest BCUT2D eigenvalue weighted by molar-refractivity contribution is 0.670. The van der Waals surface area contributed by atoms with Gasteiger partial charge in [-0.15, -0.1) is 0 Å². The van der Waals surface area contributed by atoms with Crippen LogP contribution in [-0.2, 0) is 0 Å². The molecule has 0 radical (unpaired) electrons. The normalized spacial score (nSPS) is 11.9. The van der Waals surface area contributed by atoms with Crippen molar-refractivity contribution in [3.05, 3.63) is 224 Å². The van der Waals surface area contributed by atoms with Gasteiger partial charge in [-0.1, -0.05) is 194 Å². The molecule has 0 spiro atoms. The van der Waals surface area contributed by atoms with Crippen molar-refractivity contribution in [1.29, 1.82) is 0 Å². The van der Waals surface area contributed by atoms with Gasteiger partial charge in [-0.05, 0) is 112 Å². The molecule has 4 heteroatoms. The van der Waals surface area contributed by atoms with E-state index < -0.39 is 0 Å². The van der Waals surface area contributed by atoms with E-state index in [2.05, 4.69) is 158 Å². The fourth-order valence-corrected chi connectivity index (χ4v) is 10.6. The summed E-state index contributed by atoms with van der Waals surface area (Å²) in [5.74, 6) is 1.81. The molecule has 14 aromatic rings. The first-order chi connectivity index (χ1) is 33.2. The van der Waals surface area contributed by atoms with E-state index in [4.69, 9.17) is 19.4 Å². The molecule has 0 fully saturated rings. The summed E-state index contributed by atoms with van der Waals surface area (Å²) < 4.78 is 7.10. The second kappa shape index (κ2) is 14.8. The highest BCUT2D eigenvalue weighted by Crippen LogP contribution is 2.46. The van der Waals surface area contributed by atoms with E-state index in [1.165, 1.54) is 64.6 Å². The Morgan fingerprint density at radius 1 is 0.239 bits per heavy atom. The highest BCUT2D eigenvalue weighted by molar-refractivity contribution is 6.27. The molecule has 0 aliphatic rings. The van der Waals surface area contributed by atoms with E-state index in [-0.39, 0.29) is 0 Å². The van der Waals surface area contributed by atoms with Crippen molar-refractivity contribution >= 4 is 86.6 Å². The Morgan fingerprint density at radius 2 is 0.642 bits per heavy atom. The fraction of sp³-hybridized carbons (Fsp3) is 0. The van der Waals surface area contributed by atoms with Crippen molar-refractivity contribution in [2.75, 3.05) is 0 Å². The average Bonchev–Trinajstić information content (AvgIpc) is 3.80. The van der Waals surface area contributed by atoms with Crippen LogP contribution in [0.25, 0.3) is 143 Å². The molecular weight excluding hydrogens is 815 g/mol. The van der Waals surface area contributed by atoms with Crippen molar-refractivity contribution in [3.8, 4) is 56.4 Å². The Morgan fingerprint density at radius 3 is 1.15 bits per heavy atom. The first-order valence-electron chi connectivity index (χ1n) is 22.8. The number of aromatic nitrogens is 3. The van der Waals surface area contributed by atoms with Crippen molar-refractivity contribution in [2.45, 2.75) is 0 Å². The molecule has 12 aromatic carbocycles. The molecule has 0 amide bonds. The zero-order chi connectivity index (χ0) is 44.0. The quantitative estimate of drug-likeness (QED) is 0.162. The van der Waals surface area contributed by atoms with E-state index >= 15 is 0 Å². The van der Waals surface area contributed by atoms with Gasteiger partial charge in [0.25, 0.3) is 0 Å². The highest BCUT2D eigenvalue weighted by Gasteiger charge is 2.22. The number of benzene rings is 12. The van der Waals surface area contributed by atoms with Gasteiger partial charge in [-0.25, -0.2) is 15.0 Å². The topological polar surface area (TPSA) is 51.8 Å². The Balaban J connectivity index is 1.07. The van der Waals surface area contributed by atoms with Crippen LogP contribution in [0.15, 0.2) is 229 Å². The maximum Gasteiger partial charge on any atom is 0.164 e. The number of nitrogens with zero attached hydrogens (tertiary/aromatic N) is 3. The highest BCUT2D eigenvalue weighted by atomic mass is 16.3. The summed E-state index contributed by atoms with van der Waals surface area (Å²) in [6.45, 7) is 0. The molecule has 0 bridgehead atoms. The van der Waals surface area contributed by atoms with E-state index in [0.29, 0.717) is 17.5 Å². The third-order valence-corrected chi connectivity index (χ3v) is 13.7. The minimum atomic E-state index is 0.584. The van der Waals surface area contributed by atoms with Gasteiger partial charge >= 0.3 is 0 Å². The summed E-state index contributed by atoms with van der Waals surface area (Å²) in [7, 11) is 0. The maximum atomic E-state index is 7.10. The van der Waals surface area contributed by atoms with Gasteiger partial charge < -0.3 is 4.42 Å². The van der Waals surface area contributed by atoms with Crippen LogP contribution in [0.3, 0.4) is 0 Å². The molecule has 2 heterocycles. The van der Waals surface area contributed by atoms with Crippen LogP contribution in [0.1, 0.15) is 0 Å². The molecule has 2 aromatic heterocycles. The van der Waals surface area contributed by atoms with Crippen LogP contribution in [0.5, 0.6) is 0 Å². The van der Waals surface area contributed by atoms with Gasteiger partial charge in [0, 0.05) is 33.0 Å². The first-order valence-corrected chi connectivity index (χ1v) is 22.8. The van der Waals surface area contributed by atoms with Crippen LogP contribution >= 0.6 is 0 Å². The van der Waals surface area contributed by atoms with Crippen molar-refractivity contribution < 1.29 is 4.42 Å². The van der Waals surface area contributed by atoms with Crippen LogP contribution in [0.2, 0.25) is 0 Å². The van der Waals surface area contributed by atoms with Gasteiger partial charge in [0.05, 0.1) is 0 Å². The van der Waals surface area contributed by atoms with Crippen LogP contribution in [0.4, 0.5) is 0 Å². The lowest BCUT2D eigenvalue weighted by atomic mass is 9.89. The summed E-state index contributed by atoms with van der Waals surface area (Å²) >= 11 is 0. The van der Waals surface area contributed by atoms with Crippen LogP contribution in [-0.4, -0.2) is 15.0 Å². The van der Waals surface area contributed by atoms with Crippen molar-refractivity contribution in [2.24, 2.45) is 0 Å². The maximum absolute atomic E-state index is 7.10. The summed E-state index contributed by atoms with van der Waals surface area (Å²) in [6, 6.07) is 80.1. The van der Waals surface area contributed by atoms with Gasteiger partial charge in [0.15, 0.2) is 17.5 Å².